The van der Waals surface area contributed by atoms with Gasteiger partial charge < -0.3 is 10.6 Å². The number of aromatic nitrogens is 1. The van der Waals surface area contributed by atoms with E-state index < -0.39 is 24.9 Å². The molecule has 1 aromatic rings. The van der Waals surface area contributed by atoms with E-state index in [-0.39, 0.29) is 6.04 Å². The van der Waals surface area contributed by atoms with Gasteiger partial charge in [0.05, 0.1) is 12.1 Å². The van der Waals surface area contributed by atoms with Crippen LogP contribution in [-0.4, -0.2) is 23.6 Å². The molecule has 1 atom stereocenters. The second kappa shape index (κ2) is 6.85. The van der Waals surface area contributed by atoms with Gasteiger partial charge in [-0.15, -0.1) is 11.3 Å². The number of rotatable bonds is 6. The van der Waals surface area contributed by atoms with Gasteiger partial charge in [0.2, 0.25) is 5.91 Å². The fourth-order valence-electron chi connectivity index (χ4n) is 1.39. The standard InChI is InChI=1S/C11H16F3N3OS/c1-3-15-7(2)8-6-19-10(16-8)17-9(18)4-5-11(12,13)14/h6-7,15H,3-5H2,1-2H3,(H,16,17,18). The van der Waals surface area contributed by atoms with Gasteiger partial charge in [0, 0.05) is 17.8 Å². The largest absolute Gasteiger partial charge is 0.389 e. The maximum atomic E-state index is 11.9. The fraction of sp³-hybridized carbons (Fsp3) is 0.636. The first kappa shape index (κ1) is 15.9. The SMILES string of the molecule is CCNC(C)c1csc(NC(=O)CCC(F)(F)F)n1. The van der Waals surface area contributed by atoms with E-state index in [1.807, 2.05) is 13.8 Å². The zero-order chi connectivity index (χ0) is 14.5. The maximum Gasteiger partial charge on any atom is 0.389 e. The van der Waals surface area contributed by atoms with Gasteiger partial charge in [-0.2, -0.15) is 13.2 Å². The summed E-state index contributed by atoms with van der Waals surface area (Å²) in [5, 5.41) is 7.63. The minimum absolute atomic E-state index is 0.0436. The third kappa shape index (κ3) is 6.02. The van der Waals surface area contributed by atoms with E-state index in [2.05, 4.69) is 15.6 Å². The van der Waals surface area contributed by atoms with Crippen molar-refractivity contribution in [3.8, 4) is 0 Å². The number of hydrogen-bond acceptors (Lipinski definition) is 4. The summed E-state index contributed by atoms with van der Waals surface area (Å²) < 4.78 is 35.8. The van der Waals surface area contributed by atoms with Crippen molar-refractivity contribution in [1.29, 1.82) is 0 Å². The molecule has 0 saturated heterocycles. The average Bonchev–Trinajstić information content (AvgIpc) is 2.74. The number of nitrogens with one attached hydrogen (secondary N) is 2. The Hall–Kier alpha value is -1.15. The van der Waals surface area contributed by atoms with Crippen molar-refractivity contribution in [2.45, 2.75) is 38.9 Å². The quantitative estimate of drug-likeness (QED) is 0.848. The van der Waals surface area contributed by atoms with Crippen molar-refractivity contribution in [1.82, 2.24) is 10.3 Å². The van der Waals surface area contributed by atoms with Crippen molar-refractivity contribution in [2.24, 2.45) is 0 Å². The summed E-state index contributed by atoms with van der Waals surface area (Å²) in [6.07, 6.45) is -6.02. The minimum atomic E-state index is -4.31. The van der Waals surface area contributed by atoms with Crippen LogP contribution in [0.2, 0.25) is 0 Å². The predicted molar refractivity (Wildman–Crippen MR) is 68.1 cm³/mol. The molecule has 0 bridgehead atoms. The predicted octanol–water partition coefficient (Wildman–Crippen LogP) is 3.09. The Morgan fingerprint density at radius 2 is 2.21 bits per heavy atom. The normalized spacial score (nSPS) is 13.3. The van der Waals surface area contributed by atoms with Crippen LogP contribution >= 0.6 is 11.3 Å². The molecule has 8 heteroatoms. The Morgan fingerprint density at radius 1 is 1.53 bits per heavy atom. The smallest absolute Gasteiger partial charge is 0.309 e. The van der Waals surface area contributed by atoms with Crippen LogP contribution in [0, 0.1) is 0 Å². The van der Waals surface area contributed by atoms with Crippen LogP contribution in [0.5, 0.6) is 0 Å². The van der Waals surface area contributed by atoms with Crippen molar-refractivity contribution in [3.05, 3.63) is 11.1 Å². The molecule has 2 N–H and O–H groups in total. The number of halogens is 3. The molecule has 1 amide bonds. The van der Waals surface area contributed by atoms with E-state index in [9.17, 15) is 18.0 Å². The Balaban J connectivity index is 2.47. The summed E-state index contributed by atoms with van der Waals surface area (Å²) >= 11 is 1.20. The lowest BCUT2D eigenvalue weighted by atomic mass is 10.2. The van der Waals surface area contributed by atoms with E-state index in [4.69, 9.17) is 0 Å². The lowest BCUT2D eigenvalue weighted by Crippen LogP contribution is -2.18. The molecule has 1 rings (SSSR count). The molecule has 0 aliphatic heterocycles. The van der Waals surface area contributed by atoms with Gasteiger partial charge in [0.25, 0.3) is 0 Å². The summed E-state index contributed by atoms with van der Waals surface area (Å²) in [5.74, 6) is -0.672. The highest BCUT2D eigenvalue weighted by Crippen LogP contribution is 2.23. The van der Waals surface area contributed by atoms with E-state index in [1.54, 1.807) is 5.38 Å². The first-order valence-corrected chi connectivity index (χ1v) is 6.75. The minimum Gasteiger partial charge on any atom is -0.309 e. The average molecular weight is 295 g/mol. The highest BCUT2D eigenvalue weighted by Gasteiger charge is 2.28. The molecule has 1 heterocycles. The third-order valence-corrected chi connectivity index (χ3v) is 3.13. The molecule has 4 nitrogen and oxygen atoms in total. The van der Waals surface area contributed by atoms with E-state index in [0.717, 1.165) is 12.2 Å². The van der Waals surface area contributed by atoms with Gasteiger partial charge >= 0.3 is 6.18 Å². The molecule has 1 aromatic heterocycles. The van der Waals surface area contributed by atoms with Crippen molar-refractivity contribution in [2.75, 3.05) is 11.9 Å². The molecule has 0 saturated carbocycles. The fourth-order valence-corrected chi connectivity index (χ4v) is 2.21. The van der Waals surface area contributed by atoms with Crippen molar-refractivity contribution >= 4 is 22.4 Å². The van der Waals surface area contributed by atoms with Gasteiger partial charge in [-0.25, -0.2) is 4.98 Å². The number of carbonyl (C=O) groups excluding carboxylic acids is 1. The number of amides is 1. The highest BCUT2D eigenvalue weighted by molar-refractivity contribution is 7.13. The third-order valence-electron chi connectivity index (χ3n) is 2.36. The Morgan fingerprint density at radius 3 is 2.79 bits per heavy atom. The van der Waals surface area contributed by atoms with Gasteiger partial charge in [-0.3, -0.25) is 4.79 Å². The van der Waals surface area contributed by atoms with Crippen molar-refractivity contribution in [3.63, 3.8) is 0 Å². The monoisotopic (exact) mass is 295 g/mol. The lowest BCUT2D eigenvalue weighted by molar-refractivity contribution is -0.142. The Bertz CT molecular complexity index is 420. The number of alkyl halides is 3. The zero-order valence-corrected chi connectivity index (χ0v) is 11.5. The molecular formula is C11H16F3N3OS. The molecule has 108 valence electrons. The molecule has 1 unspecified atom stereocenters. The van der Waals surface area contributed by atoms with E-state index in [1.165, 1.54) is 11.3 Å². The number of anilines is 1. The van der Waals surface area contributed by atoms with Gasteiger partial charge in [0.15, 0.2) is 5.13 Å². The van der Waals surface area contributed by atoms with Gasteiger partial charge in [0.1, 0.15) is 0 Å². The first-order chi connectivity index (χ1) is 8.81. The summed E-state index contributed by atoms with van der Waals surface area (Å²) in [5.41, 5.74) is 0.762. The van der Waals surface area contributed by atoms with Crippen LogP contribution in [0.4, 0.5) is 18.3 Å². The van der Waals surface area contributed by atoms with Gasteiger partial charge in [-0.05, 0) is 13.5 Å². The van der Waals surface area contributed by atoms with Crippen LogP contribution < -0.4 is 10.6 Å². The maximum absolute atomic E-state index is 11.9. The van der Waals surface area contributed by atoms with Crippen LogP contribution in [0.15, 0.2) is 5.38 Å². The second-order valence-electron chi connectivity index (χ2n) is 4.02. The van der Waals surface area contributed by atoms with E-state index in [0.29, 0.717) is 5.13 Å². The molecule has 0 fully saturated rings. The zero-order valence-electron chi connectivity index (χ0n) is 10.7. The van der Waals surface area contributed by atoms with Crippen LogP contribution in [0.25, 0.3) is 0 Å². The van der Waals surface area contributed by atoms with E-state index >= 15 is 0 Å². The molecule has 0 radical (unpaired) electrons. The second-order valence-corrected chi connectivity index (χ2v) is 4.88. The Labute approximate surface area is 113 Å². The number of hydrogen-bond donors (Lipinski definition) is 2. The molecule has 0 aliphatic rings. The highest BCUT2D eigenvalue weighted by atomic mass is 32.1. The van der Waals surface area contributed by atoms with Crippen LogP contribution in [-0.2, 0) is 4.79 Å². The van der Waals surface area contributed by atoms with Gasteiger partial charge in [-0.1, -0.05) is 6.92 Å². The Kier molecular flexibility index (Phi) is 5.74. The topological polar surface area (TPSA) is 54.0 Å². The number of nitrogens with zero attached hydrogens (tertiary/aromatic N) is 1. The summed E-state index contributed by atoms with van der Waals surface area (Å²) in [7, 11) is 0. The molecule has 0 aliphatic carbocycles. The first-order valence-electron chi connectivity index (χ1n) is 5.87. The molecule has 0 aromatic carbocycles. The molecule has 0 spiro atoms. The lowest BCUT2D eigenvalue weighted by Gasteiger charge is -2.08. The van der Waals surface area contributed by atoms with Crippen LogP contribution in [0.3, 0.4) is 0 Å². The molecular weight excluding hydrogens is 279 g/mol. The number of carbonyl (C=O) groups is 1. The summed E-state index contributed by atoms with van der Waals surface area (Å²) in [6.45, 7) is 4.67. The summed E-state index contributed by atoms with van der Waals surface area (Å²) in [4.78, 5) is 15.5. The van der Waals surface area contributed by atoms with Crippen molar-refractivity contribution < 1.29 is 18.0 Å². The van der Waals surface area contributed by atoms with Crippen LogP contribution in [0.1, 0.15) is 38.4 Å². The molecule has 19 heavy (non-hydrogen) atoms. The number of thiazole rings is 1. The summed E-state index contributed by atoms with van der Waals surface area (Å²) in [6, 6.07) is 0.0436.